The third kappa shape index (κ3) is 3.07. The maximum atomic E-state index is 11.8. The van der Waals surface area contributed by atoms with Crippen molar-refractivity contribution >= 4 is 27.9 Å². The fraction of sp³-hybridized carbons (Fsp3) is 0.636. The van der Waals surface area contributed by atoms with Gasteiger partial charge in [0, 0.05) is 6.42 Å². The summed E-state index contributed by atoms with van der Waals surface area (Å²) in [5.41, 5.74) is 0. The summed E-state index contributed by atoms with van der Waals surface area (Å²) in [5.74, 6) is 0.0179. The number of imide groups is 1. The second-order valence-corrected chi connectivity index (χ2v) is 5.29. The Balaban J connectivity index is 2.64. The largest absolute Gasteiger partial charge is 0.447 e. The zero-order valence-corrected chi connectivity index (χ0v) is 11.1. The third-order valence-corrected chi connectivity index (χ3v) is 2.95. The molecule has 0 aromatic carbocycles. The molecule has 1 heterocycles. The van der Waals surface area contributed by atoms with Crippen LogP contribution in [0.25, 0.3) is 0 Å². The van der Waals surface area contributed by atoms with E-state index in [1.807, 2.05) is 13.8 Å². The lowest BCUT2D eigenvalue weighted by Gasteiger charge is -2.22. The van der Waals surface area contributed by atoms with Crippen LogP contribution in [0.2, 0.25) is 0 Å². The van der Waals surface area contributed by atoms with Gasteiger partial charge in [-0.3, -0.25) is 4.79 Å². The number of carbonyl (C=O) groups is 2. The number of ether oxygens (including phenoxy) is 1. The summed E-state index contributed by atoms with van der Waals surface area (Å²) < 4.78 is 5.66. The van der Waals surface area contributed by atoms with Crippen LogP contribution in [-0.2, 0) is 9.53 Å². The highest BCUT2D eigenvalue weighted by atomic mass is 79.9. The molecule has 0 bridgehead atoms. The topological polar surface area (TPSA) is 46.6 Å². The predicted molar refractivity (Wildman–Crippen MR) is 64.1 cm³/mol. The van der Waals surface area contributed by atoms with E-state index in [0.717, 1.165) is 4.48 Å². The molecule has 90 valence electrons. The molecule has 4 nitrogen and oxygen atoms in total. The summed E-state index contributed by atoms with van der Waals surface area (Å²) in [7, 11) is 0. The van der Waals surface area contributed by atoms with Crippen molar-refractivity contribution in [2.45, 2.75) is 32.7 Å². The van der Waals surface area contributed by atoms with Crippen molar-refractivity contribution in [1.82, 2.24) is 4.90 Å². The van der Waals surface area contributed by atoms with Gasteiger partial charge in [0.05, 0.1) is 6.04 Å². The van der Waals surface area contributed by atoms with E-state index in [1.54, 1.807) is 0 Å². The number of allylic oxidation sites excluding steroid dienone is 1. The van der Waals surface area contributed by atoms with Crippen LogP contribution in [-0.4, -0.2) is 29.5 Å². The first-order valence-corrected chi connectivity index (χ1v) is 6.05. The zero-order chi connectivity index (χ0) is 12.3. The minimum Gasteiger partial charge on any atom is -0.447 e. The van der Waals surface area contributed by atoms with Crippen molar-refractivity contribution < 1.29 is 14.3 Å². The molecule has 0 aromatic heterocycles. The van der Waals surface area contributed by atoms with Gasteiger partial charge < -0.3 is 4.74 Å². The van der Waals surface area contributed by atoms with Gasteiger partial charge in [-0.05, 0) is 16.8 Å². The van der Waals surface area contributed by atoms with Crippen molar-refractivity contribution in [3.05, 3.63) is 11.1 Å². The van der Waals surface area contributed by atoms with E-state index < -0.39 is 6.09 Å². The number of nitrogens with zero attached hydrogens (tertiary/aromatic N) is 1. The number of carbonyl (C=O) groups excluding carboxylic acids is 2. The molecule has 1 rings (SSSR count). The SMILES string of the molecule is C=C(Br)CCC(=O)N1C(=O)OC[C@@H]1C(C)C. The van der Waals surface area contributed by atoms with Crippen molar-refractivity contribution in [2.75, 3.05) is 6.61 Å². The lowest BCUT2D eigenvalue weighted by molar-refractivity contribution is -0.129. The van der Waals surface area contributed by atoms with E-state index >= 15 is 0 Å². The average Bonchev–Trinajstić information content (AvgIpc) is 2.56. The van der Waals surface area contributed by atoms with Gasteiger partial charge in [0.25, 0.3) is 0 Å². The lowest BCUT2D eigenvalue weighted by atomic mass is 10.0. The highest BCUT2D eigenvalue weighted by Gasteiger charge is 2.38. The van der Waals surface area contributed by atoms with E-state index in [4.69, 9.17) is 4.74 Å². The summed E-state index contributed by atoms with van der Waals surface area (Å²) in [6.07, 6.45) is 0.291. The molecule has 2 amide bonds. The van der Waals surface area contributed by atoms with Crippen molar-refractivity contribution in [3.63, 3.8) is 0 Å². The Kier molecular flexibility index (Phi) is 4.53. The number of amides is 2. The minimum atomic E-state index is -0.524. The van der Waals surface area contributed by atoms with Gasteiger partial charge in [-0.2, -0.15) is 0 Å². The fourth-order valence-electron chi connectivity index (χ4n) is 1.58. The minimum absolute atomic E-state index is 0.136. The third-order valence-electron chi connectivity index (χ3n) is 2.55. The van der Waals surface area contributed by atoms with Gasteiger partial charge in [-0.25, -0.2) is 9.69 Å². The molecule has 5 heteroatoms. The Morgan fingerprint density at radius 3 is 2.75 bits per heavy atom. The Morgan fingerprint density at radius 1 is 1.62 bits per heavy atom. The molecule has 1 fully saturated rings. The van der Waals surface area contributed by atoms with Crippen LogP contribution in [0.4, 0.5) is 4.79 Å². The highest BCUT2D eigenvalue weighted by molar-refractivity contribution is 9.11. The van der Waals surface area contributed by atoms with Crippen molar-refractivity contribution in [3.8, 4) is 0 Å². The molecule has 0 aliphatic carbocycles. The molecule has 0 saturated carbocycles. The van der Waals surface area contributed by atoms with Crippen molar-refractivity contribution in [1.29, 1.82) is 0 Å². The summed E-state index contributed by atoms with van der Waals surface area (Å²) in [6.45, 7) is 7.90. The molecule has 0 radical (unpaired) electrons. The van der Waals surface area contributed by atoms with Gasteiger partial charge in [-0.15, -0.1) is 0 Å². The summed E-state index contributed by atoms with van der Waals surface area (Å²) >= 11 is 3.19. The molecular weight excluding hydrogens is 274 g/mol. The molecule has 0 aromatic rings. The monoisotopic (exact) mass is 289 g/mol. The Hall–Kier alpha value is -0.840. The average molecular weight is 290 g/mol. The number of hydrogen-bond acceptors (Lipinski definition) is 3. The second-order valence-electron chi connectivity index (χ2n) is 4.17. The van der Waals surface area contributed by atoms with Gasteiger partial charge in [0.15, 0.2) is 0 Å². The smallest absolute Gasteiger partial charge is 0.416 e. The Bertz CT molecular complexity index is 314. The maximum Gasteiger partial charge on any atom is 0.416 e. The number of rotatable bonds is 4. The molecule has 0 unspecified atom stereocenters. The molecule has 0 N–H and O–H groups in total. The second kappa shape index (κ2) is 5.48. The first kappa shape index (κ1) is 13.2. The van der Waals surface area contributed by atoms with Crippen LogP contribution in [0, 0.1) is 5.92 Å². The van der Waals surface area contributed by atoms with Gasteiger partial charge in [-0.1, -0.05) is 36.4 Å². The van der Waals surface area contributed by atoms with Crippen LogP contribution in [0.5, 0.6) is 0 Å². The van der Waals surface area contributed by atoms with Gasteiger partial charge in [0.2, 0.25) is 5.91 Å². The molecule has 1 atom stereocenters. The van der Waals surface area contributed by atoms with E-state index in [1.165, 1.54) is 4.90 Å². The first-order chi connectivity index (χ1) is 7.43. The molecule has 1 aliphatic heterocycles. The van der Waals surface area contributed by atoms with E-state index in [-0.39, 0.29) is 24.3 Å². The fourth-order valence-corrected chi connectivity index (χ4v) is 1.77. The van der Waals surface area contributed by atoms with E-state index in [0.29, 0.717) is 13.0 Å². The van der Waals surface area contributed by atoms with Crippen LogP contribution in [0.3, 0.4) is 0 Å². The quantitative estimate of drug-likeness (QED) is 0.799. The molecular formula is C11H16BrNO3. The van der Waals surface area contributed by atoms with E-state index in [9.17, 15) is 9.59 Å². The number of hydrogen-bond donors (Lipinski definition) is 0. The summed E-state index contributed by atoms with van der Waals surface area (Å²) in [6, 6.07) is -0.136. The first-order valence-electron chi connectivity index (χ1n) is 5.25. The van der Waals surface area contributed by atoms with Gasteiger partial charge >= 0.3 is 6.09 Å². The van der Waals surface area contributed by atoms with E-state index in [2.05, 4.69) is 22.5 Å². The molecule has 1 saturated heterocycles. The standard InChI is InChI=1S/C11H16BrNO3/c1-7(2)9-6-16-11(15)13(9)10(14)5-4-8(3)12/h7,9H,3-6H2,1-2H3/t9-/m1/s1. The zero-order valence-electron chi connectivity index (χ0n) is 9.53. The molecule has 1 aliphatic rings. The Morgan fingerprint density at radius 2 is 2.25 bits per heavy atom. The summed E-state index contributed by atoms with van der Waals surface area (Å²) in [4.78, 5) is 24.5. The highest BCUT2D eigenvalue weighted by Crippen LogP contribution is 2.21. The van der Waals surface area contributed by atoms with Crippen LogP contribution in [0.15, 0.2) is 11.1 Å². The van der Waals surface area contributed by atoms with Crippen LogP contribution < -0.4 is 0 Å². The molecule has 0 spiro atoms. The van der Waals surface area contributed by atoms with Gasteiger partial charge in [0.1, 0.15) is 6.61 Å². The van der Waals surface area contributed by atoms with Crippen LogP contribution in [0.1, 0.15) is 26.7 Å². The molecule has 16 heavy (non-hydrogen) atoms. The Labute approximate surface area is 104 Å². The summed E-state index contributed by atoms with van der Waals surface area (Å²) in [5, 5.41) is 0. The maximum absolute atomic E-state index is 11.8. The lowest BCUT2D eigenvalue weighted by Crippen LogP contribution is -2.41. The van der Waals surface area contributed by atoms with Crippen LogP contribution >= 0.6 is 15.9 Å². The normalized spacial score (nSPS) is 20.1. The number of halogens is 1. The predicted octanol–water partition coefficient (Wildman–Crippen LogP) is 2.68. The number of cyclic esters (lactones) is 1. The van der Waals surface area contributed by atoms with Crippen molar-refractivity contribution in [2.24, 2.45) is 5.92 Å².